The highest BCUT2D eigenvalue weighted by atomic mass is 79.9. The minimum atomic E-state index is -3.59. The predicted octanol–water partition coefficient (Wildman–Crippen LogP) is 1.65. The van der Waals surface area contributed by atoms with E-state index < -0.39 is 15.3 Å². The Bertz CT molecular complexity index is 610. The molecule has 1 fully saturated rings. The summed E-state index contributed by atoms with van der Waals surface area (Å²) in [5.41, 5.74) is 1.54. The number of halogens is 1. The van der Waals surface area contributed by atoms with E-state index in [2.05, 4.69) is 15.9 Å². The SMILES string of the molecule is Cc1cc(Br)cc(C(=O)N2CCCC(S(N)(=O)=O)C2)c1. The van der Waals surface area contributed by atoms with Crippen LogP contribution >= 0.6 is 15.9 Å². The van der Waals surface area contributed by atoms with Crippen LogP contribution in [0.4, 0.5) is 0 Å². The summed E-state index contributed by atoms with van der Waals surface area (Å²) < 4.78 is 23.7. The van der Waals surface area contributed by atoms with E-state index >= 15 is 0 Å². The van der Waals surface area contributed by atoms with Crippen molar-refractivity contribution >= 4 is 31.9 Å². The summed E-state index contributed by atoms with van der Waals surface area (Å²) in [6.07, 6.45) is 1.17. The van der Waals surface area contributed by atoms with Gasteiger partial charge in [0.05, 0.1) is 5.25 Å². The minimum absolute atomic E-state index is 0.150. The van der Waals surface area contributed by atoms with Crippen LogP contribution in [-0.2, 0) is 10.0 Å². The second-order valence-electron chi connectivity index (χ2n) is 5.12. The van der Waals surface area contributed by atoms with Crippen LogP contribution in [0.2, 0.25) is 0 Å². The summed E-state index contributed by atoms with van der Waals surface area (Å²) in [7, 11) is -3.59. The second-order valence-corrected chi connectivity index (χ2v) is 7.88. The molecule has 1 aromatic carbocycles. The third-order valence-corrected chi connectivity index (χ3v) is 5.19. The average molecular weight is 361 g/mol. The number of hydrogen-bond donors (Lipinski definition) is 1. The van der Waals surface area contributed by atoms with Gasteiger partial charge in [-0.2, -0.15) is 0 Å². The van der Waals surface area contributed by atoms with E-state index in [0.717, 1.165) is 10.0 Å². The average Bonchev–Trinajstić information content (AvgIpc) is 2.36. The standard InChI is InChI=1S/C13H17BrN2O3S/c1-9-5-10(7-11(14)6-9)13(17)16-4-2-3-12(8-16)20(15,18)19/h5-7,12H,2-4,8H2,1H3,(H2,15,18,19). The van der Waals surface area contributed by atoms with Crippen molar-refractivity contribution in [3.05, 3.63) is 33.8 Å². The Hall–Kier alpha value is -0.920. The van der Waals surface area contributed by atoms with Crippen molar-refractivity contribution in [3.8, 4) is 0 Å². The number of carbonyl (C=O) groups excluding carboxylic acids is 1. The molecule has 1 saturated heterocycles. The molecule has 0 radical (unpaired) electrons. The molecule has 2 rings (SSSR count). The number of hydrogen-bond acceptors (Lipinski definition) is 3. The molecule has 0 saturated carbocycles. The molecule has 1 amide bonds. The summed E-state index contributed by atoms with van der Waals surface area (Å²) in [5.74, 6) is -0.150. The van der Waals surface area contributed by atoms with Gasteiger partial charge in [0.2, 0.25) is 10.0 Å². The molecule has 1 heterocycles. The van der Waals surface area contributed by atoms with Gasteiger partial charge in [0.15, 0.2) is 0 Å². The maximum Gasteiger partial charge on any atom is 0.253 e. The summed E-state index contributed by atoms with van der Waals surface area (Å²) >= 11 is 3.36. The van der Waals surface area contributed by atoms with Gasteiger partial charge in [-0.05, 0) is 43.5 Å². The smallest absolute Gasteiger partial charge is 0.253 e. The lowest BCUT2D eigenvalue weighted by atomic mass is 10.1. The fourth-order valence-corrected chi connectivity index (χ4v) is 3.92. The zero-order valence-electron chi connectivity index (χ0n) is 11.2. The summed E-state index contributed by atoms with van der Waals surface area (Å²) in [4.78, 5) is 14.0. The third-order valence-electron chi connectivity index (χ3n) is 3.42. The highest BCUT2D eigenvalue weighted by molar-refractivity contribution is 9.10. The number of nitrogens with two attached hydrogens (primary N) is 1. The molecule has 1 unspecified atom stereocenters. The fraction of sp³-hybridized carbons (Fsp3) is 0.462. The molecule has 110 valence electrons. The predicted molar refractivity (Wildman–Crippen MR) is 80.9 cm³/mol. The molecule has 1 aliphatic rings. The highest BCUT2D eigenvalue weighted by Gasteiger charge is 2.30. The van der Waals surface area contributed by atoms with Crippen molar-refractivity contribution in [3.63, 3.8) is 0 Å². The number of amides is 1. The van der Waals surface area contributed by atoms with Crippen LogP contribution in [0, 0.1) is 6.92 Å². The molecule has 0 spiro atoms. The summed E-state index contributed by atoms with van der Waals surface area (Å²) in [5, 5.41) is 4.53. The zero-order chi connectivity index (χ0) is 14.9. The number of rotatable bonds is 2. The van der Waals surface area contributed by atoms with Gasteiger partial charge >= 0.3 is 0 Å². The zero-order valence-corrected chi connectivity index (χ0v) is 13.6. The van der Waals surface area contributed by atoms with Crippen molar-refractivity contribution in [2.75, 3.05) is 13.1 Å². The number of carbonyl (C=O) groups is 1. The molecule has 0 aliphatic carbocycles. The topological polar surface area (TPSA) is 80.5 Å². The Morgan fingerprint density at radius 2 is 2.10 bits per heavy atom. The van der Waals surface area contributed by atoms with E-state index in [1.165, 1.54) is 0 Å². The molecule has 1 aliphatic heterocycles. The number of sulfonamides is 1. The number of piperidine rings is 1. The maximum absolute atomic E-state index is 12.4. The Balaban J connectivity index is 2.20. The van der Waals surface area contributed by atoms with Crippen molar-refractivity contribution in [2.45, 2.75) is 25.0 Å². The van der Waals surface area contributed by atoms with Crippen LogP contribution in [0.3, 0.4) is 0 Å². The van der Waals surface area contributed by atoms with E-state index in [1.807, 2.05) is 13.0 Å². The summed E-state index contributed by atoms with van der Waals surface area (Å²) in [6.45, 7) is 2.64. The van der Waals surface area contributed by atoms with Crippen molar-refractivity contribution in [1.82, 2.24) is 4.90 Å². The van der Waals surface area contributed by atoms with Crippen LogP contribution in [0.1, 0.15) is 28.8 Å². The normalized spacial score (nSPS) is 19.9. The number of benzene rings is 1. The Morgan fingerprint density at radius 1 is 1.40 bits per heavy atom. The Kier molecular flexibility index (Phi) is 4.51. The maximum atomic E-state index is 12.4. The van der Waals surface area contributed by atoms with E-state index in [9.17, 15) is 13.2 Å². The lowest BCUT2D eigenvalue weighted by Crippen LogP contribution is -2.47. The molecule has 5 nitrogen and oxygen atoms in total. The molecule has 1 atom stereocenters. The first-order valence-corrected chi connectivity index (χ1v) is 8.75. The molecule has 20 heavy (non-hydrogen) atoms. The number of aryl methyl sites for hydroxylation is 1. The fourth-order valence-electron chi connectivity index (χ4n) is 2.43. The van der Waals surface area contributed by atoms with Crippen LogP contribution in [-0.4, -0.2) is 37.6 Å². The van der Waals surface area contributed by atoms with Crippen molar-refractivity contribution in [1.29, 1.82) is 0 Å². The summed E-state index contributed by atoms with van der Waals surface area (Å²) in [6, 6.07) is 5.46. The van der Waals surface area contributed by atoms with Gasteiger partial charge in [-0.1, -0.05) is 15.9 Å². The highest BCUT2D eigenvalue weighted by Crippen LogP contribution is 2.20. The first-order valence-electron chi connectivity index (χ1n) is 6.35. The number of likely N-dealkylation sites (tertiary alicyclic amines) is 1. The van der Waals surface area contributed by atoms with Gasteiger partial charge in [-0.3, -0.25) is 4.79 Å². The monoisotopic (exact) mass is 360 g/mol. The Morgan fingerprint density at radius 3 is 2.70 bits per heavy atom. The lowest BCUT2D eigenvalue weighted by molar-refractivity contribution is 0.0727. The number of nitrogens with zero attached hydrogens (tertiary/aromatic N) is 1. The second kappa shape index (κ2) is 5.83. The molecular weight excluding hydrogens is 344 g/mol. The van der Waals surface area contributed by atoms with Gasteiger partial charge in [0.25, 0.3) is 5.91 Å². The van der Waals surface area contributed by atoms with Gasteiger partial charge in [-0.15, -0.1) is 0 Å². The van der Waals surface area contributed by atoms with Crippen LogP contribution in [0.15, 0.2) is 22.7 Å². The molecular formula is C13H17BrN2O3S. The lowest BCUT2D eigenvalue weighted by Gasteiger charge is -2.31. The molecule has 2 N–H and O–H groups in total. The number of primary sulfonamides is 1. The minimum Gasteiger partial charge on any atom is -0.337 e. The van der Waals surface area contributed by atoms with Crippen LogP contribution < -0.4 is 5.14 Å². The van der Waals surface area contributed by atoms with Crippen molar-refractivity contribution < 1.29 is 13.2 Å². The molecule has 0 aromatic heterocycles. The van der Waals surface area contributed by atoms with Crippen LogP contribution in [0.25, 0.3) is 0 Å². The van der Waals surface area contributed by atoms with Crippen LogP contribution in [0.5, 0.6) is 0 Å². The largest absolute Gasteiger partial charge is 0.337 e. The first kappa shape index (κ1) is 15.5. The molecule has 7 heteroatoms. The van der Waals surface area contributed by atoms with E-state index in [4.69, 9.17) is 5.14 Å². The van der Waals surface area contributed by atoms with Gasteiger partial charge in [-0.25, -0.2) is 13.6 Å². The first-order chi connectivity index (χ1) is 9.27. The third kappa shape index (κ3) is 3.59. The quantitative estimate of drug-likeness (QED) is 0.870. The molecule has 1 aromatic rings. The van der Waals surface area contributed by atoms with E-state index in [0.29, 0.717) is 24.9 Å². The molecule has 0 bridgehead atoms. The van der Waals surface area contributed by atoms with Gasteiger partial charge < -0.3 is 4.90 Å². The van der Waals surface area contributed by atoms with Gasteiger partial charge in [0.1, 0.15) is 0 Å². The Labute approximate surface area is 127 Å². The van der Waals surface area contributed by atoms with Gasteiger partial charge in [0, 0.05) is 23.1 Å². The van der Waals surface area contributed by atoms with E-state index in [-0.39, 0.29) is 12.5 Å². The van der Waals surface area contributed by atoms with E-state index in [1.54, 1.807) is 17.0 Å². The van der Waals surface area contributed by atoms with Crippen molar-refractivity contribution in [2.24, 2.45) is 5.14 Å².